The van der Waals surface area contributed by atoms with Crippen molar-refractivity contribution < 1.29 is 9.47 Å². The standard InChI is InChI=1S/C17H21NO2/c1-13-7-6-8-15(14(13)2)18-11-12-20-17-10-5-4-9-16(17)19-3/h4-10,18H,11-12H2,1-3H3. The van der Waals surface area contributed by atoms with E-state index in [0.717, 1.165) is 23.7 Å². The highest BCUT2D eigenvalue weighted by atomic mass is 16.5. The summed E-state index contributed by atoms with van der Waals surface area (Å²) in [6, 6.07) is 13.9. The van der Waals surface area contributed by atoms with Crippen LogP contribution in [0.3, 0.4) is 0 Å². The zero-order valence-electron chi connectivity index (χ0n) is 12.3. The minimum atomic E-state index is 0.591. The van der Waals surface area contributed by atoms with Gasteiger partial charge in [0.25, 0.3) is 0 Å². The number of para-hydroxylation sites is 2. The molecule has 0 spiro atoms. The highest BCUT2D eigenvalue weighted by Gasteiger charge is 2.03. The number of benzene rings is 2. The first-order valence-electron chi connectivity index (χ1n) is 6.78. The fraction of sp³-hybridized carbons (Fsp3) is 0.294. The van der Waals surface area contributed by atoms with E-state index in [9.17, 15) is 0 Å². The summed E-state index contributed by atoms with van der Waals surface area (Å²) in [5.41, 5.74) is 3.74. The van der Waals surface area contributed by atoms with Gasteiger partial charge in [-0.05, 0) is 43.2 Å². The number of hydrogen-bond acceptors (Lipinski definition) is 3. The summed E-state index contributed by atoms with van der Waals surface area (Å²) in [6.07, 6.45) is 0. The lowest BCUT2D eigenvalue weighted by Gasteiger charge is -2.13. The molecule has 0 heterocycles. The van der Waals surface area contributed by atoms with Gasteiger partial charge in [0.15, 0.2) is 11.5 Å². The number of hydrogen-bond donors (Lipinski definition) is 1. The van der Waals surface area contributed by atoms with E-state index >= 15 is 0 Å². The number of methoxy groups -OCH3 is 1. The molecule has 0 saturated carbocycles. The fourth-order valence-corrected chi connectivity index (χ4v) is 2.03. The maximum absolute atomic E-state index is 5.73. The largest absolute Gasteiger partial charge is 0.493 e. The fourth-order valence-electron chi connectivity index (χ4n) is 2.03. The summed E-state index contributed by atoms with van der Waals surface area (Å²) in [4.78, 5) is 0. The molecule has 0 aliphatic heterocycles. The molecule has 20 heavy (non-hydrogen) atoms. The smallest absolute Gasteiger partial charge is 0.161 e. The van der Waals surface area contributed by atoms with E-state index in [1.54, 1.807) is 7.11 Å². The normalized spacial score (nSPS) is 10.2. The Bertz CT molecular complexity index is 567. The van der Waals surface area contributed by atoms with Crippen molar-refractivity contribution in [2.75, 3.05) is 25.6 Å². The molecule has 2 rings (SSSR count). The van der Waals surface area contributed by atoms with E-state index in [1.807, 2.05) is 24.3 Å². The maximum atomic E-state index is 5.73. The highest BCUT2D eigenvalue weighted by molar-refractivity contribution is 5.53. The first-order valence-corrected chi connectivity index (χ1v) is 6.78. The van der Waals surface area contributed by atoms with E-state index in [1.165, 1.54) is 11.1 Å². The Labute approximate surface area is 120 Å². The monoisotopic (exact) mass is 271 g/mol. The third-order valence-corrected chi connectivity index (χ3v) is 3.35. The third kappa shape index (κ3) is 3.44. The SMILES string of the molecule is COc1ccccc1OCCNc1cccc(C)c1C. The lowest BCUT2D eigenvalue weighted by molar-refractivity contribution is 0.306. The molecule has 0 aliphatic carbocycles. The number of anilines is 1. The van der Waals surface area contributed by atoms with Crippen LogP contribution in [0, 0.1) is 13.8 Å². The highest BCUT2D eigenvalue weighted by Crippen LogP contribution is 2.25. The number of aryl methyl sites for hydroxylation is 1. The van der Waals surface area contributed by atoms with Crippen molar-refractivity contribution in [2.24, 2.45) is 0 Å². The molecule has 106 valence electrons. The van der Waals surface area contributed by atoms with Gasteiger partial charge in [-0.1, -0.05) is 24.3 Å². The Hall–Kier alpha value is -2.16. The number of ether oxygens (including phenoxy) is 2. The summed E-state index contributed by atoms with van der Waals surface area (Å²) in [6.45, 7) is 5.58. The molecule has 0 aromatic heterocycles. The van der Waals surface area contributed by atoms with Gasteiger partial charge < -0.3 is 14.8 Å². The Kier molecular flexibility index (Phi) is 4.88. The molecule has 2 aromatic rings. The van der Waals surface area contributed by atoms with E-state index in [2.05, 4.69) is 37.4 Å². The number of rotatable bonds is 6. The second-order valence-corrected chi connectivity index (χ2v) is 4.67. The topological polar surface area (TPSA) is 30.5 Å². The van der Waals surface area contributed by atoms with E-state index < -0.39 is 0 Å². The summed E-state index contributed by atoms with van der Waals surface area (Å²) >= 11 is 0. The molecule has 0 amide bonds. The number of nitrogens with one attached hydrogen (secondary N) is 1. The predicted octanol–water partition coefficient (Wildman–Crippen LogP) is 3.80. The van der Waals surface area contributed by atoms with Gasteiger partial charge in [0.05, 0.1) is 7.11 Å². The van der Waals surface area contributed by atoms with E-state index in [0.29, 0.717) is 6.61 Å². The quantitative estimate of drug-likeness (QED) is 0.811. The van der Waals surface area contributed by atoms with Crippen molar-refractivity contribution in [1.29, 1.82) is 0 Å². The summed E-state index contributed by atoms with van der Waals surface area (Å²) in [5.74, 6) is 1.54. The Morgan fingerprint density at radius 1 is 0.950 bits per heavy atom. The minimum absolute atomic E-state index is 0.591. The zero-order valence-corrected chi connectivity index (χ0v) is 12.3. The molecule has 2 aromatic carbocycles. The van der Waals surface area contributed by atoms with Crippen LogP contribution >= 0.6 is 0 Å². The molecule has 0 radical (unpaired) electrons. The van der Waals surface area contributed by atoms with Crippen LogP contribution in [0.2, 0.25) is 0 Å². The van der Waals surface area contributed by atoms with Crippen molar-refractivity contribution in [2.45, 2.75) is 13.8 Å². The van der Waals surface area contributed by atoms with E-state index in [4.69, 9.17) is 9.47 Å². The average molecular weight is 271 g/mol. The van der Waals surface area contributed by atoms with Crippen molar-refractivity contribution in [3.05, 3.63) is 53.6 Å². The van der Waals surface area contributed by atoms with Gasteiger partial charge in [0.2, 0.25) is 0 Å². The molecule has 3 nitrogen and oxygen atoms in total. The second kappa shape index (κ2) is 6.85. The molecule has 3 heteroatoms. The van der Waals surface area contributed by atoms with Crippen LogP contribution in [-0.4, -0.2) is 20.3 Å². The molecule has 1 N–H and O–H groups in total. The lowest BCUT2D eigenvalue weighted by Crippen LogP contribution is -2.12. The van der Waals surface area contributed by atoms with Crippen LogP contribution < -0.4 is 14.8 Å². The predicted molar refractivity (Wildman–Crippen MR) is 82.9 cm³/mol. The third-order valence-electron chi connectivity index (χ3n) is 3.35. The molecule has 0 atom stereocenters. The average Bonchev–Trinajstić information content (AvgIpc) is 2.48. The minimum Gasteiger partial charge on any atom is -0.493 e. The van der Waals surface area contributed by atoms with Crippen molar-refractivity contribution in [1.82, 2.24) is 0 Å². The van der Waals surface area contributed by atoms with Crippen LogP contribution in [0.1, 0.15) is 11.1 Å². The molecule has 0 saturated heterocycles. The summed E-state index contributed by atoms with van der Waals surface area (Å²) < 4.78 is 11.0. The van der Waals surface area contributed by atoms with Crippen LogP contribution in [0.25, 0.3) is 0 Å². The van der Waals surface area contributed by atoms with Crippen molar-refractivity contribution in [3.63, 3.8) is 0 Å². The van der Waals surface area contributed by atoms with Crippen LogP contribution in [0.5, 0.6) is 11.5 Å². The van der Waals surface area contributed by atoms with Crippen LogP contribution in [0.4, 0.5) is 5.69 Å². The molecule has 0 unspecified atom stereocenters. The van der Waals surface area contributed by atoms with Gasteiger partial charge in [-0.2, -0.15) is 0 Å². The van der Waals surface area contributed by atoms with Crippen molar-refractivity contribution in [3.8, 4) is 11.5 Å². The molecule has 0 aliphatic rings. The summed E-state index contributed by atoms with van der Waals surface area (Å²) in [5, 5.41) is 3.40. The molecule has 0 bridgehead atoms. The second-order valence-electron chi connectivity index (χ2n) is 4.67. The lowest BCUT2D eigenvalue weighted by atomic mass is 10.1. The van der Waals surface area contributed by atoms with Gasteiger partial charge >= 0.3 is 0 Å². The zero-order chi connectivity index (χ0) is 14.4. The van der Waals surface area contributed by atoms with Gasteiger partial charge in [-0.3, -0.25) is 0 Å². The first-order chi connectivity index (χ1) is 9.72. The molecular formula is C17H21NO2. The first kappa shape index (κ1) is 14.3. The van der Waals surface area contributed by atoms with Crippen LogP contribution in [0.15, 0.2) is 42.5 Å². The molecular weight excluding hydrogens is 250 g/mol. The van der Waals surface area contributed by atoms with Gasteiger partial charge in [-0.25, -0.2) is 0 Å². The van der Waals surface area contributed by atoms with Crippen molar-refractivity contribution >= 4 is 5.69 Å². The van der Waals surface area contributed by atoms with Gasteiger partial charge in [-0.15, -0.1) is 0 Å². The maximum Gasteiger partial charge on any atom is 0.161 e. The Morgan fingerprint density at radius 3 is 2.45 bits per heavy atom. The van der Waals surface area contributed by atoms with Gasteiger partial charge in [0, 0.05) is 12.2 Å². The van der Waals surface area contributed by atoms with Gasteiger partial charge in [0.1, 0.15) is 6.61 Å². The Morgan fingerprint density at radius 2 is 1.70 bits per heavy atom. The molecule has 0 fully saturated rings. The van der Waals surface area contributed by atoms with Crippen LogP contribution in [-0.2, 0) is 0 Å². The Balaban J connectivity index is 1.86. The summed E-state index contributed by atoms with van der Waals surface area (Å²) in [7, 11) is 1.65. The van der Waals surface area contributed by atoms with E-state index in [-0.39, 0.29) is 0 Å².